The van der Waals surface area contributed by atoms with E-state index in [1.807, 2.05) is 19.1 Å². The van der Waals surface area contributed by atoms with Gasteiger partial charge >= 0.3 is 0 Å². The summed E-state index contributed by atoms with van der Waals surface area (Å²) in [6.45, 7) is 4.91. The van der Waals surface area contributed by atoms with Gasteiger partial charge in [-0.1, -0.05) is 13.0 Å². The van der Waals surface area contributed by atoms with E-state index in [9.17, 15) is 0 Å². The molecule has 0 bridgehead atoms. The van der Waals surface area contributed by atoms with Crippen LogP contribution >= 0.6 is 11.6 Å². The first-order chi connectivity index (χ1) is 8.76. The monoisotopic (exact) mass is 264 g/mol. The molecule has 1 aromatic heterocycles. The van der Waals surface area contributed by atoms with Crippen molar-refractivity contribution >= 4 is 22.6 Å². The number of hydrogen-bond donors (Lipinski definition) is 0. The predicted octanol–water partition coefficient (Wildman–Crippen LogP) is 3.75. The van der Waals surface area contributed by atoms with Gasteiger partial charge in [-0.3, -0.25) is 0 Å². The smallest absolute Gasteiger partial charge is 0.147 e. The fourth-order valence-electron chi connectivity index (χ4n) is 2.54. The van der Waals surface area contributed by atoms with E-state index in [0.717, 1.165) is 28.5 Å². The highest BCUT2D eigenvalue weighted by atomic mass is 35.5. The molecular weight excluding hydrogens is 248 g/mol. The third-order valence-electron chi connectivity index (χ3n) is 3.57. The van der Waals surface area contributed by atoms with E-state index < -0.39 is 0 Å². The highest BCUT2D eigenvalue weighted by Crippen LogP contribution is 2.46. The molecule has 1 aliphatic carbocycles. The fraction of sp³-hybridized carbons (Fsp3) is 0.500. The first-order valence-electron chi connectivity index (χ1n) is 6.44. The second-order valence-electron chi connectivity index (χ2n) is 4.87. The van der Waals surface area contributed by atoms with Crippen LogP contribution in [0.4, 0.5) is 0 Å². The van der Waals surface area contributed by atoms with Crippen molar-refractivity contribution in [2.24, 2.45) is 5.92 Å². The van der Waals surface area contributed by atoms with Crippen LogP contribution in [0.15, 0.2) is 18.2 Å². The fourth-order valence-corrected chi connectivity index (χ4v) is 2.73. The van der Waals surface area contributed by atoms with Gasteiger partial charge in [-0.15, -0.1) is 11.6 Å². The molecule has 3 rings (SSSR count). The van der Waals surface area contributed by atoms with Gasteiger partial charge in [0.1, 0.15) is 17.1 Å². The summed E-state index contributed by atoms with van der Waals surface area (Å²) in [5, 5.41) is 0. The predicted molar refractivity (Wildman–Crippen MR) is 73.3 cm³/mol. The summed E-state index contributed by atoms with van der Waals surface area (Å²) < 4.78 is 7.93. The lowest BCUT2D eigenvalue weighted by molar-refractivity contribution is 0.343. The van der Waals surface area contributed by atoms with Crippen molar-refractivity contribution in [3.63, 3.8) is 0 Å². The van der Waals surface area contributed by atoms with Crippen LogP contribution in [0.1, 0.15) is 32.1 Å². The number of rotatable bonds is 4. The molecule has 1 fully saturated rings. The maximum Gasteiger partial charge on any atom is 0.147 e. The highest BCUT2D eigenvalue weighted by molar-refractivity contribution is 6.16. The first-order valence-corrected chi connectivity index (χ1v) is 6.98. The number of imidazole rings is 1. The van der Waals surface area contributed by atoms with E-state index in [0.29, 0.717) is 18.5 Å². The molecule has 1 aliphatic rings. The van der Waals surface area contributed by atoms with Crippen molar-refractivity contribution in [1.29, 1.82) is 0 Å². The normalized spacial score (nSPS) is 22.4. The van der Waals surface area contributed by atoms with Gasteiger partial charge in [-0.2, -0.15) is 0 Å². The van der Waals surface area contributed by atoms with Crippen molar-refractivity contribution in [1.82, 2.24) is 9.55 Å². The van der Waals surface area contributed by atoms with E-state index in [-0.39, 0.29) is 0 Å². The lowest BCUT2D eigenvalue weighted by atomic mass is 10.3. The first kappa shape index (κ1) is 11.8. The maximum absolute atomic E-state index is 6.03. The Hall–Kier alpha value is -1.22. The molecule has 1 aromatic carbocycles. The van der Waals surface area contributed by atoms with Crippen LogP contribution in [0.25, 0.3) is 11.0 Å². The second-order valence-corrected chi connectivity index (χ2v) is 5.14. The minimum atomic E-state index is 0.448. The molecule has 1 heterocycles. The van der Waals surface area contributed by atoms with E-state index >= 15 is 0 Å². The number of fused-ring (bicyclic) bond motifs is 1. The minimum absolute atomic E-state index is 0.448. The summed E-state index contributed by atoms with van der Waals surface area (Å²) in [6, 6.07) is 6.65. The number of benzene rings is 1. The van der Waals surface area contributed by atoms with Gasteiger partial charge in [0.05, 0.1) is 18.0 Å². The zero-order valence-electron chi connectivity index (χ0n) is 10.7. The Bertz CT molecular complexity index is 578. The lowest BCUT2D eigenvalue weighted by Gasteiger charge is -2.07. The zero-order valence-corrected chi connectivity index (χ0v) is 11.4. The maximum atomic E-state index is 6.03. The topological polar surface area (TPSA) is 27.1 Å². The van der Waals surface area contributed by atoms with Gasteiger partial charge in [0.2, 0.25) is 0 Å². The Kier molecular flexibility index (Phi) is 2.94. The summed E-state index contributed by atoms with van der Waals surface area (Å²) in [7, 11) is 0. The molecule has 1 saturated carbocycles. The van der Waals surface area contributed by atoms with Gasteiger partial charge in [0.25, 0.3) is 0 Å². The van der Waals surface area contributed by atoms with Crippen molar-refractivity contribution < 1.29 is 4.74 Å². The third-order valence-corrected chi connectivity index (χ3v) is 3.81. The van der Waals surface area contributed by atoms with E-state index in [2.05, 4.69) is 22.5 Å². The molecule has 2 atom stereocenters. The number of hydrogen-bond acceptors (Lipinski definition) is 2. The molecule has 0 aliphatic heterocycles. The minimum Gasteiger partial charge on any atom is -0.492 e. The van der Waals surface area contributed by atoms with Gasteiger partial charge in [0.15, 0.2) is 0 Å². The number of halogens is 1. The molecular formula is C14H17ClN2O. The summed E-state index contributed by atoms with van der Waals surface area (Å²) in [6.07, 6.45) is 1.22. The van der Waals surface area contributed by atoms with Crippen molar-refractivity contribution in [2.75, 3.05) is 6.61 Å². The van der Waals surface area contributed by atoms with E-state index in [1.54, 1.807) is 0 Å². The van der Waals surface area contributed by atoms with E-state index in [1.165, 1.54) is 6.42 Å². The molecule has 18 heavy (non-hydrogen) atoms. The van der Waals surface area contributed by atoms with Crippen LogP contribution in [0.3, 0.4) is 0 Å². The SMILES string of the molecule is CCOc1cccc2c1nc(CCl)n2C1CC1C. The van der Waals surface area contributed by atoms with E-state index in [4.69, 9.17) is 16.3 Å². The molecule has 0 spiro atoms. The summed E-state index contributed by atoms with van der Waals surface area (Å²) in [5.74, 6) is 2.98. The molecule has 96 valence electrons. The van der Waals surface area contributed by atoms with Crippen molar-refractivity contribution in [3.8, 4) is 5.75 Å². The molecule has 2 aromatic rings. The largest absolute Gasteiger partial charge is 0.492 e. The van der Waals surface area contributed by atoms with Gasteiger partial charge in [-0.25, -0.2) is 4.98 Å². The molecule has 4 heteroatoms. The molecule has 0 amide bonds. The van der Waals surface area contributed by atoms with Crippen LogP contribution in [0.2, 0.25) is 0 Å². The standard InChI is InChI=1S/C14H17ClN2O/c1-3-18-12-6-4-5-10-14(12)16-13(8-15)17(10)11-7-9(11)2/h4-6,9,11H,3,7-8H2,1-2H3. The number of ether oxygens (including phenoxy) is 1. The van der Waals surface area contributed by atoms with Gasteiger partial charge < -0.3 is 9.30 Å². The number of alkyl halides is 1. The van der Waals surface area contributed by atoms with Crippen molar-refractivity contribution in [3.05, 3.63) is 24.0 Å². The summed E-state index contributed by atoms with van der Waals surface area (Å²) in [5.41, 5.74) is 2.08. The molecule has 3 nitrogen and oxygen atoms in total. The van der Waals surface area contributed by atoms with Crippen LogP contribution in [0.5, 0.6) is 5.75 Å². The lowest BCUT2D eigenvalue weighted by Crippen LogP contribution is -2.00. The Morgan fingerprint density at radius 2 is 2.28 bits per heavy atom. The quantitative estimate of drug-likeness (QED) is 0.787. The van der Waals surface area contributed by atoms with Crippen LogP contribution in [-0.2, 0) is 5.88 Å². The summed E-state index contributed by atoms with van der Waals surface area (Å²) >= 11 is 6.03. The van der Waals surface area contributed by atoms with Gasteiger partial charge in [-0.05, 0) is 31.4 Å². The average Bonchev–Trinajstić information content (AvgIpc) is 2.96. The number of nitrogens with zero attached hydrogens (tertiary/aromatic N) is 2. The Labute approximate surface area is 112 Å². The van der Waals surface area contributed by atoms with Crippen LogP contribution in [0, 0.1) is 5.92 Å². The van der Waals surface area contributed by atoms with Crippen LogP contribution in [-0.4, -0.2) is 16.2 Å². The molecule has 2 unspecified atom stereocenters. The number of aromatic nitrogens is 2. The third kappa shape index (κ3) is 1.77. The van der Waals surface area contributed by atoms with Crippen LogP contribution < -0.4 is 4.74 Å². The highest BCUT2D eigenvalue weighted by Gasteiger charge is 2.37. The number of para-hydroxylation sites is 1. The second kappa shape index (κ2) is 4.47. The van der Waals surface area contributed by atoms with Crippen molar-refractivity contribution in [2.45, 2.75) is 32.2 Å². The van der Waals surface area contributed by atoms with Gasteiger partial charge in [0, 0.05) is 6.04 Å². The average molecular weight is 265 g/mol. The summed E-state index contributed by atoms with van der Waals surface area (Å²) in [4.78, 5) is 4.65. The molecule has 0 N–H and O–H groups in total. The zero-order chi connectivity index (χ0) is 12.7. The molecule has 0 radical (unpaired) electrons. The molecule has 0 saturated heterocycles. The Morgan fingerprint density at radius 3 is 2.89 bits per heavy atom. The Balaban J connectivity index is 2.18. The Morgan fingerprint density at radius 1 is 1.50 bits per heavy atom.